The predicted octanol–water partition coefficient (Wildman–Crippen LogP) is 1.53. The Morgan fingerprint density at radius 1 is 1.33 bits per heavy atom. The predicted molar refractivity (Wildman–Crippen MR) is 71.9 cm³/mol. The SMILES string of the molecule is CNc1nc(NC2CCCS(=O)(=O)C2)cc(C(F)(F)F)n1. The van der Waals surface area contributed by atoms with Crippen LogP contribution in [0.25, 0.3) is 0 Å². The van der Waals surface area contributed by atoms with E-state index in [-0.39, 0.29) is 23.3 Å². The summed E-state index contributed by atoms with van der Waals surface area (Å²) in [5, 5.41) is 5.21. The number of hydrogen-bond donors (Lipinski definition) is 2. The maximum atomic E-state index is 12.7. The second-order valence-electron chi connectivity index (χ2n) is 4.81. The van der Waals surface area contributed by atoms with Crippen LogP contribution in [0.15, 0.2) is 6.07 Å². The number of nitrogens with zero attached hydrogens (tertiary/aromatic N) is 2. The van der Waals surface area contributed by atoms with E-state index >= 15 is 0 Å². The van der Waals surface area contributed by atoms with Crippen molar-refractivity contribution in [2.24, 2.45) is 0 Å². The average Bonchev–Trinajstić information content (AvgIpc) is 2.36. The van der Waals surface area contributed by atoms with Crippen molar-refractivity contribution >= 4 is 21.6 Å². The van der Waals surface area contributed by atoms with Crippen LogP contribution in [0.1, 0.15) is 18.5 Å². The molecule has 21 heavy (non-hydrogen) atoms. The molecule has 1 aromatic heterocycles. The number of alkyl halides is 3. The Hall–Kier alpha value is -1.58. The van der Waals surface area contributed by atoms with Gasteiger partial charge in [0.05, 0.1) is 11.5 Å². The molecule has 1 saturated heterocycles. The largest absolute Gasteiger partial charge is 0.433 e. The van der Waals surface area contributed by atoms with Crippen LogP contribution in [0.2, 0.25) is 0 Å². The Labute approximate surface area is 120 Å². The van der Waals surface area contributed by atoms with Crippen molar-refractivity contribution in [2.75, 3.05) is 29.2 Å². The molecule has 0 saturated carbocycles. The van der Waals surface area contributed by atoms with Gasteiger partial charge in [-0.25, -0.2) is 13.4 Å². The highest BCUT2D eigenvalue weighted by molar-refractivity contribution is 7.91. The molecule has 1 fully saturated rings. The highest BCUT2D eigenvalue weighted by Gasteiger charge is 2.34. The van der Waals surface area contributed by atoms with Crippen molar-refractivity contribution in [3.8, 4) is 0 Å². The number of aromatic nitrogens is 2. The molecule has 0 aliphatic carbocycles. The zero-order chi connectivity index (χ0) is 15.7. The van der Waals surface area contributed by atoms with Crippen molar-refractivity contribution < 1.29 is 21.6 Å². The third kappa shape index (κ3) is 4.19. The lowest BCUT2D eigenvalue weighted by Crippen LogP contribution is -2.35. The molecular weight excluding hydrogens is 309 g/mol. The minimum atomic E-state index is -4.59. The molecule has 118 valence electrons. The minimum absolute atomic E-state index is 0.0382. The lowest BCUT2D eigenvalue weighted by Gasteiger charge is -2.23. The summed E-state index contributed by atoms with van der Waals surface area (Å²) in [5.74, 6) is -0.202. The van der Waals surface area contributed by atoms with Gasteiger partial charge in [0.25, 0.3) is 0 Å². The van der Waals surface area contributed by atoms with Crippen LogP contribution in [-0.4, -0.2) is 43.0 Å². The molecule has 6 nitrogen and oxygen atoms in total. The van der Waals surface area contributed by atoms with E-state index < -0.39 is 27.7 Å². The van der Waals surface area contributed by atoms with Gasteiger partial charge < -0.3 is 10.6 Å². The van der Waals surface area contributed by atoms with Gasteiger partial charge in [-0.1, -0.05) is 0 Å². The topological polar surface area (TPSA) is 84.0 Å². The fourth-order valence-electron chi connectivity index (χ4n) is 2.12. The van der Waals surface area contributed by atoms with Crippen molar-refractivity contribution in [1.29, 1.82) is 0 Å². The first-order chi connectivity index (χ1) is 9.69. The van der Waals surface area contributed by atoms with Crippen LogP contribution in [0.3, 0.4) is 0 Å². The van der Waals surface area contributed by atoms with Crippen LogP contribution >= 0.6 is 0 Å². The summed E-state index contributed by atoms with van der Waals surface area (Å²) < 4.78 is 61.3. The summed E-state index contributed by atoms with van der Waals surface area (Å²) >= 11 is 0. The maximum absolute atomic E-state index is 12.7. The molecule has 0 bridgehead atoms. The first-order valence-electron chi connectivity index (χ1n) is 6.30. The normalized spacial score (nSPS) is 21.8. The van der Waals surface area contributed by atoms with Gasteiger partial charge in [-0.05, 0) is 12.8 Å². The standard InChI is InChI=1S/C11H15F3N4O2S/c1-15-10-17-8(11(12,13)14)5-9(18-10)16-7-3-2-4-21(19,20)6-7/h5,7H,2-4,6H2,1H3,(H2,15,16,17,18). The molecule has 0 aromatic carbocycles. The van der Waals surface area contributed by atoms with Gasteiger partial charge in [0, 0.05) is 19.2 Å². The van der Waals surface area contributed by atoms with E-state index in [0.29, 0.717) is 12.8 Å². The Morgan fingerprint density at radius 3 is 2.62 bits per heavy atom. The quantitative estimate of drug-likeness (QED) is 0.877. The summed E-state index contributed by atoms with van der Waals surface area (Å²) in [6.45, 7) is 0. The molecule has 1 atom stereocenters. The third-order valence-electron chi connectivity index (χ3n) is 3.06. The molecule has 1 aliphatic rings. The first kappa shape index (κ1) is 15.8. The van der Waals surface area contributed by atoms with Gasteiger partial charge in [-0.15, -0.1) is 0 Å². The number of halogens is 3. The number of nitrogens with one attached hydrogen (secondary N) is 2. The summed E-state index contributed by atoms with van der Waals surface area (Å²) in [4.78, 5) is 7.22. The zero-order valence-corrected chi connectivity index (χ0v) is 12.1. The zero-order valence-electron chi connectivity index (χ0n) is 11.2. The molecule has 10 heteroatoms. The number of anilines is 2. The van der Waals surface area contributed by atoms with Crippen LogP contribution in [0.5, 0.6) is 0 Å². The Morgan fingerprint density at radius 2 is 2.05 bits per heavy atom. The molecule has 1 aliphatic heterocycles. The lowest BCUT2D eigenvalue weighted by molar-refractivity contribution is -0.141. The minimum Gasteiger partial charge on any atom is -0.366 e. The molecule has 2 heterocycles. The van der Waals surface area contributed by atoms with Gasteiger partial charge >= 0.3 is 6.18 Å². The van der Waals surface area contributed by atoms with Gasteiger partial charge in [-0.3, -0.25) is 0 Å². The van der Waals surface area contributed by atoms with E-state index in [1.165, 1.54) is 7.05 Å². The van der Waals surface area contributed by atoms with E-state index in [1.54, 1.807) is 0 Å². The molecule has 2 N–H and O–H groups in total. The van der Waals surface area contributed by atoms with Gasteiger partial charge in [0.15, 0.2) is 15.5 Å². The van der Waals surface area contributed by atoms with Crippen molar-refractivity contribution in [3.05, 3.63) is 11.8 Å². The number of sulfone groups is 1. The van der Waals surface area contributed by atoms with E-state index in [0.717, 1.165) is 6.07 Å². The van der Waals surface area contributed by atoms with E-state index in [2.05, 4.69) is 20.6 Å². The van der Waals surface area contributed by atoms with Crippen LogP contribution in [-0.2, 0) is 16.0 Å². The van der Waals surface area contributed by atoms with Gasteiger partial charge in [0.1, 0.15) is 5.82 Å². The molecule has 1 aromatic rings. The molecule has 2 rings (SSSR count). The highest BCUT2D eigenvalue weighted by Crippen LogP contribution is 2.30. The molecule has 0 amide bonds. The number of rotatable bonds is 3. The summed E-state index contributed by atoms with van der Waals surface area (Å²) in [6.07, 6.45) is -3.54. The monoisotopic (exact) mass is 324 g/mol. The van der Waals surface area contributed by atoms with Crippen LogP contribution < -0.4 is 10.6 Å². The second kappa shape index (κ2) is 5.66. The molecule has 0 radical (unpaired) electrons. The van der Waals surface area contributed by atoms with Crippen molar-refractivity contribution in [3.63, 3.8) is 0 Å². The Balaban J connectivity index is 2.23. The van der Waals surface area contributed by atoms with Gasteiger partial charge in [-0.2, -0.15) is 18.2 Å². The fraction of sp³-hybridized carbons (Fsp3) is 0.636. The highest BCUT2D eigenvalue weighted by atomic mass is 32.2. The second-order valence-corrected chi connectivity index (χ2v) is 7.04. The summed E-state index contributed by atoms with van der Waals surface area (Å²) in [6, 6.07) is 0.339. The van der Waals surface area contributed by atoms with Crippen LogP contribution in [0, 0.1) is 0 Å². The van der Waals surface area contributed by atoms with E-state index in [1.807, 2.05) is 0 Å². The molecule has 0 spiro atoms. The fourth-order valence-corrected chi connectivity index (χ4v) is 3.76. The van der Waals surface area contributed by atoms with E-state index in [9.17, 15) is 21.6 Å². The number of hydrogen-bond acceptors (Lipinski definition) is 6. The Bertz CT molecular complexity index is 618. The summed E-state index contributed by atoms with van der Waals surface area (Å²) in [7, 11) is -1.74. The summed E-state index contributed by atoms with van der Waals surface area (Å²) in [5.41, 5.74) is -1.08. The maximum Gasteiger partial charge on any atom is 0.433 e. The third-order valence-corrected chi connectivity index (χ3v) is 4.88. The van der Waals surface area contributed by atoms with E-state index in [4.69, 9.17) is 0 Å². The smallest absolute Gasteiger partial charge is 0.366 e. The lowest BCUT2D eigenvalue weighted by atomic mass is 10.2. The van der Waals surface area contributed by atoms with Crippen LogP contribution in [0.4, 0.5) is 24.9 Å². The van der Waals surface area contributed by atoms with Crippen molar-refractivity contribution in [1.82, 2.24) is 9.97 Å². The molecule has 1 unspecified atom stereocenters. The average molecular weight is 324 g/mol. The van der Waals surface area contributed by atoms with Gasteiger partial charge in [0.2, 0.25) is 5.95 Å². The first-order valence-corrected chi connectivity index (χ1v) is 8.13. The Kier molecular flexibility index (Phi) is 4.26. The van der Waals surface area contributed by atoms with Crippen molar-refractivity contribution in [2.45, 2.75) is 25.1 Å². The molecular formula is C11H15F3N4O2S.